The van der Waals surface area contributed by atoms with Crippen LogP contribution in [0.2, 0.25) is 0 Å². The number of anilines is 2. The normalized spacial score (nSPS) is 14.1. The maximum absolute atomic E-state index is 10.9. The zero-order valence-corrected chi connectivity index (χ0v) is 9.52. The number of rotatable bonds is 4. The summed E-state index contributed by atoms with van der Waals surface area (Å²) in [6.07, 6.45) is 0.722. The maximum Gasteiger partial charge on any atom is 0.335 e. The van der Waals surface area contributed by atoms with E-state index >= 15 is 0 Å². The van der Waals surface area contributed by atoms with Crippen molar-refractivity contribution >= 4 is 17.3 Å². The van der Waals surface area contributed by atoms with Gasteiger partial charge >= 0.3 is 5.97 Å². The molecule has 1 heterocycles. The number of nitrogens with zero attached hydrogens (tertiary/aromatic N) is 1. The predicted molar refractivity (Wildman–Crippen MR) is 65.8 cm³/mol. The van der Waals surface area contributed by atoms with Crippen LogP contribution < -0.4 is 10.2 Å². The van der Waals surface area contributed by atoms with Gasteiger partial charge in [-0.05, 0) is 24.6 Å². The Hall–Kier alpha value is -1.75. The van der Waals surface area contributed by atoms with Crippen molar-refractivity contribution in [3.63, 3.8) is 0 Å². The van der Waals surface area contributed by atoms with E-state index in [9.17, 15) is 4.79 Å². The van der Waals surface area contributed by atoms with Crippen LogP contribution in [0, 0.1) is 0 Å². The lowest BCUT2D eigenvalue weighted by Gasteiger charge is -2.32. The minimum atomic E-state index is -0.915. The van der Waals surface area contributed by atoms with Crippen LogP contribution in [0.3, 0.4) is 0 Å². The molecule has 0 amide bonds. The third-order valence-electron chi connectivity index (χ3n) is 2.87. The monoisotopic (exact) mass is 236 g/mol. The summed E-state index contributed by atoms with van der Waals surface area (Å²) in [7, 11) is 0. The zero-order valence-electron chi connectivity index (χ0n) is 9.52. The van der Waals surface area contributed by atoms with E-state index in [-0.39, 0.29) is 6.61 Å². The minimum Gasteiger partial charge on any atom is -0.478 e. The lowest BCUT2D eigenvalue weighted by Crippen LogP contribution is -2.35. The van der Waals surface area contributed by atoms with Crippen molar-refractivity contribution in [1.82, 2.24) is 0 Å². The van der Waals surface area contributed by atoms with Gasteiger partial charge in [-0.25, -0.2) is 4.79 Å². The standard InChI is InChI=1S/C12H16N2O3/c15-7-1-5-14-6-4-13-10-8-9(12(16)17)2-3-11(10)14/h2-3,8,13,15H,1,4-7H2,(H,16,17). The number of aromatic carboxylic acids is 1. The van der Waals surface area contributed by atoms with Gasteiger partial charge in [0.05, 0.1) is 16.9 Å². The highest BCUT2D eigenvalue weighted by Crippen LogP contribution is 2.29. The van der Waals surface area contributed by atoms with Gasteiger partial charge in [0.1, 0.15) is 0 Å². The third-order valence-corrected chi connectivity index (χ3v) is 2.87. The van der Waals surface area contributed by atoms with E-state index in [0.29, 0.717) is 5.56 Å². The zero-order chi connectivity index (χ0) is 12.3. The van der Waals surface area contributed by atoms with E-state index in [1.807, 2.05) is 6.07 Å². The summed E-state index contributed by atoms with van der Waals surface area (Å²) in [4.78, 5) is 13.0. The van der Waals surface area contributed by atoms with Gasteiger partial charge in [-0.2, -0.15) is 0 Å². The van der Waals surface area contributed by atoms with Crippen molar-refractivity contribution < 1.29 is 15.0 Å². The van der Waals surface area contributed by atoms with E-state index in [4.69, 9.17) is 10.2 Å². The topological polar surface area (TPSA) is 72.8 Å². The summed E-state index contributed by atoms with van der Waals surface area (Å²) in [5.74, 6) is -0.915. The van der Waals surface area contributed by atoms with Crippen LogP contribution in [0.4, 0.5) is 11.4 Å². The summed E-state index contributed by atoms with van der Waals surface area (Å²) in [6, 6.07) is 5.09. The molecule has 1 aliphatic rings. The molecule has 92 valence electrons. The number of hydrogen-bond acceptors (Lipinski definition) is 4. The molecule has 0 aliphatic carbocycles. The van der Waals surface area contributed by atoms with Crippen LogP contribution >= 0.6 is 0 Å². The first-order valence-electron chi connectivity index (χ1n) is 5.69. The molecule has 0 saturated carbocycles. The van der Waals surface area contributed by atoms with Crippen molar-refractivity contribution in [2.45, 2.75) is 6.42 Å². The summed E-state index contributed by atoms with van der Waals surface area (Å²) < 4.78 is 0. The largest absolute Gasteiger partial charge is 0.478 e. The van der Waals surface area contributed by atoms with Crippen molar-refractivity contribution in [2.24, 2.45) is 0 Å². The molecule has 3 N–H and O–H groups in total. The number of hydrogen-bond donors (Lipinski definition) is 3. The van der Waals surface area contributed by atoms with Crippen LogP contribution in [0.25, 0.3) is 0 Å². The molecule has 1 aliphatic heterocycles. The lowest BCUT2D eigenvalue weighted by molar-refractivity contribution is 0.0697. The van der Waals surface area contributed by atoms with Crippen LogP contribution in [-0.4, -0.2) is 42.4 Å². The molecule has 2 rings (SSSR count). The predicted octanol–water partition coefficient (Wildman–Crippen LogP) is 0.999. The molecular weight excluding hydrogens is 220 g/mol. The Labute approximate surface area is 99.7 Å². The number of aliphatic hydroxyl groups excluding tert-OH is 1. The number of carboxylic acid groups (broad SMARTS) is 1. The second-order valence-electron chi connectivity index (χ2n) is 4.03. The van der Waals surface area contributed by atoms with E-state index < -0.39 is 5.97 Å². The Kier molecular flexibility index (Phi) is 3.49. The van der Waals surface area contributed by atoms with Gasteiger partial charge in [0.25, 0.3) is 0 Å². The molecular formula is C12H16N2O3. The van der Waals surface area contributed by atoms with Crippen molar-refractivity contribution in [2.75, 3.05) is 36.5 Å². The second kappa shape index (κ2) is 5.05. The smallest absolute Gasteiger partial charge is 0.335 e. The number of carbonyl (C=O) groups is 1. The van der Waals surface area contributed by atoms with Crippen LogP contribution in [0.15, 0.2) is 18.2 Å². The summed E-state index contributed by atoms with van der Waals surface area (Å²) >= 11 is 0. The molecule has 0 spiro atoms. The Morgan fingerprint density at radius 1 is 1.47 bits per heavy atom. The molecule has 5 heteroatoms. The highest BCUT2D eigenvalue weighted by Gasteiger charge is 2.17. The van der Waals surface area contributed by atoms with E-state index in [1.54, 1.807) is 12.1 Å². The average molecular weight is 236 g/mol. The first-order valence-corrected chi connectivity index (χ1v) is 5.69. The molecule has 5 nitrogen and oxygen atoms in total. The number of aliphatic hydroxyl groups is 1. The highest BCUT2D eigenvalue weighted by molar-refractivity contribution is 5.91. The number of nitrogens with one attached hydrogen (secondary N) is 1. The Bertz CT molecular complexity index is 420. The maximum atomic E-state index is 10.9. The van der Waals surface area contributed by atoms with Gasteiger partial charge in [-0.3, -0.25) is 0 Å². The fraction of sp³-hybridized carbons (Fsp3) is 0.417. The molecule has 0 unspecified atom stereocenters. The molecule has 0 radical (unpaired) electrons. The average Bonchev–Trinajstić information content (AvgIpc) is 2.35. The molecule has 0 atom stereocenters. The van der Waals surface area contributed by atoms with Gasteiger partial charge in [0.2, 0.25) is 0 Å². The molecule has 0 fully saturated rings. The second-order valence-corrected chi connectivity index (χ2v) is 4.03. The fourth-order valence-electron chi connectivity index (χ4n) is 2.03. The minimum absolute atomic E-state index is 0.173. The van der Waals surface area contributed by atoms with Gasteiger partial charge in [0.15, 0.2) is 0 Å². The number of carboxylic acids is 1. The van der Waals surface area contributed by atoms with Crippen molar-refractivity contribution in [1.29, 1.82) is 0 Å². The van der Waals surface area contributed by atoms with Crippen LogP contribution in [-0.2, 0) is 0 Å². The first kappa shape index (κ1) is 11.7. The Balaban J connectivity index is 2.23. The van der Waals surface area contributed by atoms with Gasteiger partial charge < -0.3 is 20.4 Å². The highest BCUT2D eigenvalue weighted by atomic mass is 16.4. The number of fused-ring (bicyclic) bond motifs is 1. The van der Waals surface area contributed by atoms with E-state index in [0.717, 1.165) is 37.4 Å². The Morgan fingerprint density at radius 3 is 3.00 bits per heavy atom. The molecule has 1 aromatic rings. The van der Waals surface area contributed by atoms with Gasteiger partial charge in [0, 0.05) is 26.2 Å². The summed E-state index contributed by atoms with van der Waals surface area (Å²) in [6.45, 7) is 2.63. The lowest BCUT2D eigenvalue weighted by atomic mass is 10.1. The first-order chi connectivity index (χ1) is 8.22. The summed E-state index contributed by atoms with van der Waals surface area (Å²) in [5.41, 5.74) is 2.16. The van der Waals surface area contributed by atoms with Crippen molar-refractivity contribution in [3.05, 3.63) is 23.8 Å². The number of benzene rings is 1. The SMILES string of the molecule is O=C(O)c1ccc2c(c1)NCCN2CCCO. The molecule has 0 saturated heterocycles. The molecule has 17 heavy (non-hydrogen) atoms. The van der Waals surface area contributed by atoms with Crippen LogP contribution in [0.1, 0.15) is 16.8 Å². The summed E-state index contributed by atoms with van der Waals surface area (Å²) in [5, 5.41) is 21.0. The van der Waals surface area contributed by atoms with Gasteiger partial charge in [-0.15, -0.1) is 0 Å². The van der Waals surface area contributed by atoms with Gasteiger partial charge in [-0.1, -0.05) is 0 Å². The van der Waals surface area contributed by atoms with Crippen molar-refractivity contribution in [3.8, 4) is 0 Å². The quantitative estimate of drug-likeness (QED) is 0.727. The van der Waals surface area contributed by atoms with E-state index in [2.05, 4.69) is 10.2 Å². The van der Waals surface area contributed by atoms with Crippen LogP contribution in [0.5, 0.6) is 0 Å². The molecule has 0 aromatic heterocycles. The van der Waals surface area contributed by atoms with E-state index in [1.165, 1.54) is 0 Å². The third kappa shape index (κ3) is 2.50. The molecule has 1 aromatic carbocycles. The molecule has 0 bridgehead atoms. The Morgan fingerprint density at radius 2 is 2.29 bits per heavy atom. The fourth-order valence-corrected chi connectivity index (χ4v) is 2.03.